The Hall–Kier alpha value is -3.65. The number of hydrogen-bond acceptors (Lipinski definition) is 6. The zero-order valence-corrected chi connectivity index (χ0v) is 17.0. The number of nitro groups is 1. The molecule has 0 N–H and O–H groups in total. The van der Waals surface area contributed by atoms with Crippen molar-refractivity contribution < 1.29 is 27.6 Å². The van der Waals surface area contributed by atoms with Gasteiger partial charge in [0.1, 0.15) is 22.3 Å². The van der Waals surface area contributed by atoms with Crippen molar-refractivity contribution >= 4 is 23.0 Å². The predicted octanol–water partition coefficient (Wildman–Crippen LogP) is 5.49. The zero-order valence-electron chi connectivity index (χ0n) is 16.2. The second-order valence-electron chi connectivity index (χ2n) is 6.26. The van der Waals surface area contributed by atoms with Crippen LogP contribution in [0.4, 0.5) is 18.9 Å². The summed E-state index contributed by atoms with van der Waals surface area (Å²) in [6.45, 7) is 1.21. The Morgan fingerprint density at radius 1 is 1.26 bits per heavy atom. The van der Waals surface area contributed by atoms with Crippen LogP contribution in [0.3, 0.4) is 0 Å². The molecule has 0 saturated carbocycles. The summed E-state index contributed by atoms with van der Waals surface area (Å²) in [6.07, 6.45) is -4.88. The third-order valence-electron chi connectivity index (χ3n) is 4.62. The van der Waals surface area contributed by atoms with Crippen molar-refractivity contribution in [2.45, 2.75) is 19.6 Å². The number of rotatable bonds is 5. The van der Waals surface area contributed by atoms with Crippen molar-refractivity contribution in [1.82, 2.24) is 4.57 Å². The van der Waals surface area contributed by atoms with Crippen LogP contribution in [-0.4, -0.2) is 22.6 Å². The number of hydrogen-bond donors (Lipinski definition) is 0. The zero-order chi connectivity index (χ0) is 22.9. The third kappa shape index (κ3) is 3.77. The molecule has 3 aromatic rings. The number of benzene rings is 1. The van der Waals surface area contributed by atoms with Gasteiger partial charge in [0, 0.05) is 18.2 Å². The van der Waals surface area contributed by atoms with Crippen LogP contribution in [0.25, 0.3) is 21.6 Å². The first-order valence-electron chi connectivity index (χ1n) is 8.80. The molecule has 2 heterocycles. The number of alkyl halides is 3. The van der Waals surface area contributed by atoms with Crippen LogP contribution in [-0.2, 0) is 17.5 Å². The van der Waals surface area contributed by atoms with Crippen LogP contribution < -0.4 is 0 Å². The highest BCUT2D eigenvalue weighted by Gasteiger charge is 2.42. The van der Waals surface area contributed by atoms with Crippen molar-refractivity contribution in [3.63, 3.8) is 0 Å². The van der Waals surface area contributed by atoms with E-state index in [1.165, 1.54) is 37.3 Å². The molecule has 160 valence electrons. The van der Waals surface area contributed by atoms with Crippen LogP contribution in [0.5, 0.6) is 0 Å². The average Bonchev–Trinajstić information content (AvgIpc) is 3.35. The van der Waals surface area contributed by atoms with Gasteiger partial charge in [-0.2, -0.15) is 18.4 Å². The Bertz CT molecular complexity index is 1200. The van der Waals surface area contributed by atoms with E-state index in [2.05, 4.69) is 4.74 Å². The monoisotopic (exact) mass is 449 g/mol. The van der Waals surface area contributed by atoms with Gasteiger partial charge < -0.3 is 9.30 Å². The summed E-state index contributed by atoms with van der Waals surface area (Å²) in [5.74, 6) is -1.01. The number of halogens is 3. The summed E-state index contributed by atoms with van der Waals surface area (Å²) in [5, 5.41) is 22.2. The number of esters is 1. The highest BCUT2D eigenvalue weighted by atomic mass is 32.1. The molecule has 0 atom stereocenters. The fourth-order valence-electron chi connectivity index (χ4n) is 3.38. The SMILES string of the molecule is CCn1c(C(=O)OC)c(-c2ccc(-c3sccc3[N+](=O)[O-])cc2)c(C#N)c1C(F)(F)F. The Balaban J connectivity index is 2.26. The molecule has 2 aromatic heterocycles. The first-order chi connectivity index (χ1) is 14.6. The lowest BCUT2D eigenvalue weighted by Gasteiger charge is -2.12. The van der Waals surface area contributed by atoms with Crippen molar-refractivity contribution in [1.29, 1.82) is 5.26 Å². The molecule has 0 radical (unpaired) electrons. The summed E-state index contributed by atoms with van der Waals surface area (Å²) >= 11 is 1.14. The molecule has 11 heteroatoms. The lowest BCUT2D eigenvalue weighted by molar-refractivity contribution is -0.383. The molecule has 0 unspecified atom stereocenters. The van der Waals surface area contributed by atoms with E-state index in [9.17, 15) is 33.3 Å². The Morgan fingerprint density at radius 2 is 1.87 bits per heavy atom. The fourth-order valence-corrected chi connectivity index (χ4v) is 4.25. The summed E-state index contributed by atoms with van der Waals surface area (Å²) < 4.78 is 46.6. The number of methoxy groups -OCH3 is 1. The Labute approximate surface area is 178 Å². The van der Waals surface area contributed by atoms with Crippen molar-refractivity contribution in [3.05, 3.63) is 62.8 Å². The van der Waals surface area contributed by atoms with Crippen LogP contribution in [0, 0.1) is 21.4 Å². The molecule has 0 aliphatic carbocycles. The number of aromatic nitrogens is 1. The Kier molecular flexibility index (Phi) is 5.85. The minimum Gasteiger partial charge on any atom is -0.464 e. The number of thiophene rings is 1. The maximum atomic E-state index is 13.7. The highest BCUT2D eigenvalue weighted by molar-refractivity contribution is 7.14. The minimum atomic E-state index is -4.88. The lowest BCUT2D eigenvalue weighted by atomic mass is 9.98. The molecule has 0 spiro atoms. The highest BCUT2D eigenvalue weighted by Crippen LogP contribution is 2.42. The second-order valence-corrected chi connectivity index (χ2v) is 7.18. The molecule has 0 aliphatic rings. The van der Waals surface area contributed by atoms with E-state index in [0.29, 0.717) is 10.4 Å². The summed E-state index contributed by atoms with van der Waals surface area (Å²) in [6, 6.07) is 8.75. The molecular weight excluding hydrogens is 435 g/mol. The standard InChI is InChI=1S/C20H14F3N3O4S/c1-3-25-16(19(27)30-2)15(13(10-24)18(25)20(21,22)23)11-4-6-12(7-5-11)17-14(26(28)29)8-9-31-17/h4-9H,3H2,1-2H3. The quantitative estimate of drug-likeness (QED) is 0.291. The molecule has 3 rings (SSSR count). The van der Waals surface area contributed by atoms with Crippen molar-refractivity contribution in [2.75, 3.05) is 7.11 Å². The smallest absolute Gasteiger partial charge is 0.432 e. The molecule has 0 aliphatic heterocycles. The Morgan fingerprint density at radius 3 is 2.35 bits per heavy atom. The van der Waals surface area contributed by atoms with E-state index in [0.717, 1.165) is 23.0 Å². The lowest BCUT2D eigenvalue weighted by Crippen LogP contribution is -2.18. The number of ether oxygens (including phenoxy) is 1. The summed E-state index contributed by atoms with van der Waals surface area (Å²) in [5.41, 5.74) is -1.94. The second kappa shape index (κ2) is 8.23. The molecule has 0 amide bonds. The van der Waals surface area contributed by atoms with Crippen LogP contribution >= 0.6 is 11.3 Å². The normalized spacial score (nSPS) is 11.2. The first-order valence-corrected chi connectivity index (χ1v) is 9.68. The van der Waals surface area contributed by atoms with E-state index >= 15 is 0 Å². The van der Waals surface area contributed by atoms with Crippen LogP contribution in [0.1, 0.15) is 28.7 Å². The number of nitriles is 1. The predicted molar refractivity (Wildman–Crippen MR) is 107 cm³/mol. The first kappa shape index (κ1) is 22.0. The number of carbonyl (C=O) groups is 1. The maximum absolute atomic E-state index is 13.7. The van der Waals surface area contributed by atoms with Crippen molar-refractivity contribution in [2.24, 2.45) is 0 Å². The van der Waals surface area contributed by atoms with Gasteiger partial charge in [0.2, 0.25) is 0 Å². The van der Waals surface area contributed by atoms with Gasteiger partial charge in [-0.3, -0.25) is 10.1 Å². The summed E-state index contributed by atoms with van der Waals surface area (Å²) in [4.78, 5) is 23.4. The molecule has 0 bridgehead atoms. The number of carbonyl (C=O) groups excluding carboxylic acids is 1. The van der Waals surface area contributed by atoms with Gasteiger partial charge in [-0.1, -0.05) is 24.3 Å². The molecule has 0 fully saturated rings. The van der Waals surface area contributed by atoms with Crippen LogP contribution in [0.2, 0.25) is 0 Å². The van der Waals surface area contributed by atoms with E-state index in [1.807, 2.05) is 0 Å². The summed E-state index contributed by atoms with van der Waals surface area (Å²) in [7, 11) is 1.04. The van der Waals surface area contributed by atoms with Crippen LogP contribution in [0.15, 0.2) is 35.7 Å². The van der Waals surface area contributed by atoms with Gasteiger partial charge in [0.15, 0.2) is 0 Å². The van der Waals surface area contributed by atoms with Crippen molar-refractivity contribution in [3.8, 4) is 27.6 Å². The van der Waals surface area contributed by atoms with Gasteiger partial charge in [0.05, 0.1) is 17.6 Å². The van der Waals surface area contributed by atoms with E-state index < -0.39 is 28.3 Å². The van der Waals surface area contributed by atoms with Gasteiger partial charge in [-0.05, 0) is 23.4 Å². The van der Waals surface area contributed by atoms with Gasteiger partial charge in [-0.25, -0.2) is 4.79 Å². The average molecular weight is 449 g/mol. The van der Waals surface area contributed by atoms with Gasteiger partial charge >= 0.3 is 12.1 Å². The molecular formula is C20H14F3N3O4S. The largest absolute Gasteiger partial charge is 0.464 e. The molecule has 0 saturated heterocycles. The molecule has 1 aromatic carbocycles. The van der Waals surface area contributed by atoms with Gasteiger partial charge in [0.25, 0.3) is 5.69 Å². The topological polar surface area (TPSA) is 98.2 Å². The minimum absolute atomic E-state index is 0.0952. The molecule has 31 heavy (non-hydrogen) atoms. The van der Waals surface area contributed by atoms with Gasteiger partial charge in [-0.15, -0.1) is 11.3 Å². The third-order valence-corrected chi connectivity index (χ3v) is 5.57. The van der Waals surface area contributed by atoms with E-state index in [-0.39, 0.29) is 29.1 Å². The fraction of sp³-hybridized carbons (Fsp3) is 0.200. The van der Waals surface area contributed by atoms with E-state index in [4.69, 9.17) is 0 Å². The molecule has 7 nitrogen and oxygen atoms in total. The maximum Gasteiger partial charge on any atom is 0.432 e. The van der Waals surface area contributed by atoms with E-state index in [1.54, 1.807) is 11.4 Å². The number of nitrogens with zero attached hydrogens (tertiary/aromatic N) is 3.